The molecule has 2 aromatic rings. The number of para-hydroxylation sites is 1. The van der Waals surface area contributed by atoms with Crippen LogP contribution in [0, 0.1) is 6.92 Å². The van der Waals surface area contributed by atoms with Gasteiger partial charge in [-0.3, -0.25) is 9.59 Å². The first-order chi connectivity index (χ1) is 12.5. The van der Waals surface area contributed by atoms with E-state index in [1.54, 1.807) is 42.5 Å². The van der Waals surface area contributed by atoms with Crippen LogP contribution in [0.25, 0.3) is 6.08 Å². The van der Waals surface area contributed by atoms with E-state index in [-0.39, 0.29) is 11.1 Å². The number of aryl methyl sites for hydroxylation is 1. The van der Waals surface area contributed by atoms with Crippen molar-refractivity contribution in [1.82, 2.24) is 0 Å². The van der Waals surface area contributed by atoms with Gasteiger partial charge in [-0.25, -0.2) is 9.69 Å². The van der Waals surface area contributed by atoms with Gasteiger partial charge in [-0.2, -0.15) is 0 Å². The van der Waals surface area contributed by atoms with E-state index in [1.807, 2.05) is 19.1 Å². The molecule has 0 unspecified atom stereocenters. The van der Waals surface area contributed by atoms with E-state index in [9.17, 15) is 14.4 Å². The number of imide groups is 1. The molecule has 1 aliphatic heterocycles. The minimum Gasteiger partial charge on any atom is -0.482 e. The van der Waals surface area contributed by atoms with E-state index in [4.69, 9.17) is 9.84 Å². The second kappa shape index (κ2) is 7.45. The van der Waals surface area contributed by atoms with Gasteiger partial charge >= 0.3 is 5.97 Å². The molecule has 2 aromatic carbocycles. The van der Waals surface area contributed by atoms with E-state index in [2.05, 4.69) is 0 Å². The summed E-state index contributed by atoms with van der Waals surface area (Å²) in [7, 11) is 0. The van der Waals surface area contributed by atoms with E-state index in [1.165, 1.54) is 0 Å². The molecule has 0 radical (unpaired) electrons. The van der Waals surface area contributed by atoms with Crippen LogP contribution in [0.1, 0.15) is 11.1 Å². The molecule has 3 rings (SSSR count). The van der Waals surface area contributed by atoms with Gasteiger partial charge < -0.3 is 9.84 Å². The number of rotatable bonds is 5. The Morgan fingerprint density at radius 2 is 1.96 bits per heavy atom. The van der Waals surface area contributed by atoms with Gasteiger partial charge in [0, 0.05) is 0 Å². The number of thioether (sulfide) groups is 1. The van der Waals surface area contributed by atoms with Gasteiger partial charge in [0.15, 0.2) is 6.61 Å². The molecule has 7 heteroatoms. The molecule has 26 heavy (non-hydrogen) atoms. The SMILES string of the molecule is Cc1ccccc1N1C(=O)S/C(=C/c2cccc(OCC(=O)O)c2)C1=O. The van der Waals surface area contributed by atoms with Crippen LogP contribution in [0.5, 0.6) is 5.75 Å². The topological polar surface area (TPSA) is 83.9 Å². The van der Waals surface area contributed by atoms with E-state index < -0.39 is 12.6 Å². The highest BCUT2D eigenvalue weighted by molar-refractivity contribution is 8.19. The fourth-order valence-electron chi connectivity index (χ4n) is 2.48. The quantitative estimate of drug-likeness (QED) is 0.809. The molecular formula is C19H15NO5S. The van der Waals surface area contributed by atoms with Gasteiger partial charge in [0.2, 0.25) is 0 Å². The van der Waals surface area contributed by atoms with Crippen LogP contribution in [-0.2, 0) is 9.59 Å². The number of carbonyl (C=O) groups is 3. The molecule has 1 heterocycles. The highest BCUT2D eigenvalue weighted by atomic mass is 32.2. The van der Waals surface area contributed by atoms with Gasteiger partial charge in [0.25, 0.3) is 11.1 Å². The zero-order chi connectivity index (χ0) is 18.7. The summed E-state index contributed by atoms with van der Waals surface area (Å²) in [6.45, 7) is 1.39. The molecule has 0 spiro atoms. The largest absolute Gasteiger partial charge is 0.482 e. The minimum absolute atomic E-state index is 0.300. The van der Waals surface area contributed by atoms with Crippen LogP contribution in [0.3, 0.4) is 0 Å². The predicted octanol–water partition coefficient (Wildman–Crippen LogP) is 3.70. The third-order valence-electron chi connectivity index (χ3n) is 3.67. The Morgan fingerprint density at radius 3 is 2.69 bits per heavy atom. The third-order valence-corrected chi connectivity index (χ3v) is 4.54. The number of carbonyl (C=O) groups excluding carboxylic acids is 2. The van der Waals surface area contributed by atoms with Crippen molar-refractivity contribution in [2.45, 2.75) is 6.92 Å². The molecular weight excluding hydrogens is 354 g/mol. The summed E-state index contributed by atoms with van der Waals surface area (Å²) in [6.07, 6.45) is 1.59. The van der Waals surface area contributed by atoms with Crippen molar-refractivity contribution < 1.29 is 24.2 Å². The van der Waals surface area contributed by atoms with Crippen LogP contribution in [0.15, 0.2) is 53.4 Å². The van der Waals surface area contributed by atoms with Gasteiger partial charge in [0.05, 0.1) is 10.6 Å². The summed E-state index contributed by atoms with van der Waals surface area (Å²) < 4.78 is 5.13. The van der Waals surface area contributed by atoms with Crippen molar-refractivity contribution >= 4 is 40.6 Å². The number of benzene rings is 2. The Balaban J connectivity index is 1.85. The summed E-state index contributed by atoms with van der Waals surface area (Å²) in [5, 5.41) is 8.32. The average molecular weight is 369 g/mol. The maximum Gasteiger partial charge on any atom is 0.341 e. The van der Waals surface area contributed by atoms with Gasteiger partial charge in [-0.05, 0) is 54.1 Å². The number of carboxylic acid groups (broad SMARTS) is 1. The molecule has 1 saturated heterocycles. The van der Waals surface area contributed by atoms with Gasteiger partial charge in [-0.1, -0.05) is 30.3 Å². The molecule has 132 valence electrons. The van der Waals surface area contributed by atoms with Crippen molar-refractivity contribution in [2.24, 2.45) is 0 Å². The summed E-state index contributed by atoms with van der Waals surface area (Å²) in [5.74, 6) is -1.08. The van der Waals surface area contributed by atoms with Gasteiger partial charge in [-0.15, -0.1) is 0 Å². The molecule has 1 fully saturated rings. The Hall–Kier alpha value is -3.06. The smallest absolute Gasteiger partial charge is 0.341 e. The van der Waals surface area contributed by atoms with Crippen molar-refractivity contribution in [3.05, 3.63) is 64.6 Å². The summed E-state index contributed by atoms with van der Waals surface area (Å²) in [5.41, 5.74) is 2.04. The van der Waals surface area contributed by atoms with Crippen LogP contribution in [-0.4, -0.2) is 28.8 Å². The number of carboxylic acids is 1. The number of ether oxygens (including phenoxy) is 1. The fourth-order valence-corrected chi connectivity index (χ4v) is 3.31. The van der Waals surface area contributed by atoms with Crippen molar-refractivity contribution in [1.29, 1.82) is 0 Å². The number of nitrogens with zero attached hydrogens (tertiary/aromatic N) is 1. The second-order valence-electron chi connectivity index (χ2n) is 5.56. The Bertz CT molecular complexity index is 922. The van der Waals surface area contributed by atoms with Crippen LogP contribution in [0.2, 0.25) is 0 Å². The zero-order valence-corrected chi connectivity index (χ0v) is 14.7. The molecule has 0 bridgehead atoms. The van der Waals surface area contributed by atoms with Crippen LogP contribution < -0.4 is 9.64 Å². The molecule has 6 nitrogen and oxygen atoms in total. The number of aliphatic carboxylic acids is 1. The Morgan fingerprint density at radius 1 is 1.19 bits per heavy atom. The lowest BCUT2D eigenvalue weighted by Crippen LogP contribution is -2.28. The van der Waals surface area contributed by atoms with Crippen molar-refractivity contribution in [3.63, 3.8) is 0 Å². The highest BCUT2D eigenvalue weighted by Gasteiger charge is 2.36. The zero-order valence-electron chi connectivity index (χ0n) is 13.8. The highest BCUT2D eigenvalue weighted by Crippen LogP contribution is 2.37. The Labute approximate surface area is 154 Å². The molecule has 0 atom stereocenters. The number of amides is 2. The number of hydrogen-bond donors (Lipinski definition) is 1. The van der Waals surface area contributed by atoms with Crippen LogP contribution in [0.4, 0.5) is 10.5 Å². The summed E-state index contributed by atoms with van der Waals surface area (Å²) in [4.78, 5) is 37.0. The standard InChI is InChI=1S/C19H15NO5S/c1-12-5-2-3-8-15(12)20-18(23)16(26-19(20)24)10-13-6-4-7-14(9-13)25-11-17(21)22/h2-10H,11H2,1H3,(H,21,22)/b16-10+. The van der Waals surface area contributed by atoms with E-state index in [0.29, 0.717) is 21.9 Å². The predicted molar refractivity (Wildman–Crippen MR) is 99.2 cm³/mol. The molecule has 1 aliphatic rings. The lowest BCUT2D eigenvalue weighted by molar-refractivity contribution is -0.139. The first-order valence-electron chi connectivity index (χ1n) is 7.74. The lowest BCUT2D eigenvalue weighted by Gasteiger charge is -2.14. The second-order valence-corrected chi connectivity index (χ2v) is 6.55. The average Bonchev–Trinajstić information content (AvgIpc) is 2.88. The minimum atomic E-state index is -1.07. The van der Waals surface area contributed by atoms with E-state index >= 15 is 0 Å². The maximum absolute atomic E-state index is 12.7. The number of hydrogen-bond acceptors (Lipinski definition) is 5. The molecule has 0 aliphatic carbocycles. The van der Waals surface area contributed by atoms with Crippen molar-refractivity contribution in [3.8, 4) is 5.75 Å². The van der Waals surface area contributed by atoms with Gasteiger partial charge in [0.1, 0.15) is 5.75 Å². The van der Waals surface area contributed by atoms with Crippen molar-refractivity contribution in [2.75, 3.05) is 11.5 Å². The lowest BCUT2D eigenvalue weighted by atomic mass is 10.1. The molecule has 1 N–H and O–H groups in total. The molecule has 0 saturated carbocycles. The first kappa shape index (κ1) is 17.8. The monoisotopic (exact) mass is 369 g/mol. The molecule has 2 amide bonds. The normalized spacial score (nSPS) is 15.6. The first-order valence-corrected chi connectivity index (χ1v) is 8.55. The summed E-state index contributed by atoms with van der Waals surface area (Å²) in [6, 6.07) is 13.9. The summed E-state index contributed by atoms with van der Waals surface area (Å²) >= 11 is 0.868. The Kier molecular flexibility index (Phi) is 5.09. The van der Waals surface area contributed by atoms with E-state index in [0.717, 1.165) is 22.2 Å². The molecule has 0 aromatic heterocycles. The fraction of sp³-hybridized carbons (Fsp3) is 0.105. The number of anilines is 1. The van der Waals surface area contributed by atoms with Crippen LogP contribution >= 0.6 is 11.8 Å². The third kappa shape index (κ3) is 3.78. The maximum atomic E-state index is 12.7.